The molecule has 1 aliphatic rings. The molecule has 1 aliphatic heterocycles. The minimum atomic E-state index is -0.0706. The van der Waals surface area contributed by atoms with Crippen molar-refractivity contribution in [2.24, 2.45) is 0 Å². The lowest BCUT2D eigenvalue weighted by molar-refractivity contribution is -0.0343. The van der Waals surface area contributed by atoms with Gasteiger partial charge in [-0.3, -0.25) is 4.90 Å². The quantitative estimate of drug-likeness (QED) is 0.545. The molecule has 0 saturated carbocycles. The van der Waals surface area contributed by atoms with Crippen molar-refractivity contribution in [3.63, 3.8) is 0 Å². The average molecular weight is 377 g/mol. The van der Waals surface area contributed by atoms with E-state index in [1.165, 1.54) is 5.56 Å². The van der Waals surface area contributed by atoms with Gasteiger partial charge in [0.15, 0.2) is 0 Å². The zero-order valence-corrected chi connectivity index (χ0v) is 15.5. The first-order valence-corrected chi connectivity index (χ1v) is 9.87. The summed E-state index contributed by atoms with van der Waals surface area (Å²) in [7, 11) is 0. The molecule has 0 radical (unpaired) electrons. The Hall–Kier alpha value is -2.61. The van der Waals surface area contributed by atoms with E-state index in [0.29, 0.717) is 6.61 Å². The summed E-state index contributed by atoms with van der Waals surface area (Å²) in [6, 6.07) is 14.5. The van der Waals surface area contributed by atoms with Crippen LogP contribution in [0.1, 0.15) is 16.8 Å². The lowest BCUT2D eigenvalue weighted by atomic mass is 10.1. The molecule has 27 heavy (non-hydrogen) atoms. The molecule has 0 aliphatic carbocycles. The van der Waals surface area contributed by atoms with Gasteiger partial charge in [0, 0.05) is 36.4 Å². The zero-order valence-electron chi connectivity index (χ0n) is 14.7. The lowest BCUT2D eigenvalue weighted by Crippen LogP contribution is -2.38. The number of fused-ring (bicyclic) bond motifs is 1. The van der Waals surface area contributed by atoms with Gasteiger partial charge in [0.05, 0.1) is 18.7 Å². The highest BCUT2D eigenvalue weighted by molar-refractivity contribution is 7.09. The van der Waals surface area contributed by atoms with E-state index in [9.17, 15) is 0 Å². The van der Waals surface area contributed by atoms with Gasteiger partial charge in [-0.05, 0) is 11.6 Å². The molecule has 1 fully saturated rings. The minimum Gasteiger partial charge on any atom is -0.369 e. The molecule has 136 valence electrons. The van der Waals surface area contributed by atoms with Crippen LogP contribution in [0.5, 0.6) is 0 Å². The molecule has 6 nitrogen and oxygen atoms in total. The third kappa shape index (κ3) is 3.37. The van der Waals surface area contributed by atoms with Crippen LogP contribution in [-0.4, -0.2) is 44.4 Å². The largest absolute Gasteiger partial charge is 0.369 e. The molecule has 1 atom stereocenters. The van der Waals surface area contributed by atoms with Crippen molar-refractivity contribution < 1.29 is 4.74 Å². The van der Waals surface area contributed by atoms with E-state index in [2.05, 4.69) is 44.5 Å². The highest BCUT2D eigenvalue weighted by Crippen LogP contribution is 2.27. The van der Waals surface area contributed by atoms with Gasteiger partial charge < -0.3 is 4.74 Å². The second-order valence-electron chi connectivity index (χ2n) is 6.61. The molecule has 5 rings (SSSR count). The first-order valence-electron chi connectivity index (χ1n) is 8.99. The number of benzene rings is 1. The van der Waals surface area contributed by atoms with Gasteiger partial charge >= 0.3 is 0 Å². The van der Waals surface area contributed by atoms with Gasteiger partial charge in [-0.15, -0.1) is 16.4 Å². The Morgan fingerprint density at radius 1 is 1.11 bits per heavy atom. The maximum atomic E-state index is 6.02. The number of pyridine rings is 1. The van der Waals surface area contributed by atoms with E-state index in [-0.39, 0.29) is 6.10 Å². The third-order valence-corrected chi connectivity index (χ3v) is 5.61. The summed E-state index contributed by atoms with van der Waals surface area (Å²) < 4.78 is 7.87. The summed E-state index contributed by atoms with van der Waals surface area (Å²) in [5.74, 6) is 0. The second-order valence-corrected chi connectivity index (χ2v) is 7.59. The molecule has 7 heteroatoms. The van der Waals surface area contributed by atoms with E-state index in [1.807, 2.05) is 40.5 Å². The molecule has 0 bridgehead atoms. The number of morpholine rings is 1. The first kappa shape index (κ1) is 16.6. The molecule has 3 aromatic heterocycles. The Balaban J connectivity index is 1.39. The van der Waals surface area contributed by atoms with Gasteiger partial charge in [-0.1, -0.05) is 41.6 Å². The van der Waals surface area contributed by atoms with Crippen LogP contribution in [0, 0.1) is 0 Å². The number of hydrogen-bond donors (Lipinski definition) is 0. The molecule has 0 unspecified atom stereocenters. The average Bonchev–Trinajstić information content (AvgIpc) is 3.38. The minimum absolute atomic E-state index is 0.0706. The Kier molecular flexibility index (Phi) is 4.41. The summed E-state index contributed by atoms with van der Waals surface area (Å²) >= 11 is 1.69. The van der Waals surface area contributed by atoms with Gasteiger partial charge in [-0.2, -0.15) is 0 Å². The molecule has 4 aromatic rings. The number of ether oxygens (including phenoxy) is 1. The van der Waals surface area contributed by atoms with Gasteiger partial charge in [0.1, 0.15) is 16.8 Å². The summed E-state index contributed by atoms with van der Waals surface area (Å²) in [5.41, 5.74) is 4.18. The summed E-state index contributed by atoms with van der Waals surface area (Å²) in [5, 5.41) is 11.9. The van der Waals surface area contributed by atoms with Crippen molar-refractivity contribution in [1.29, 1.82) is 0 Å². The van der Waals surface area contributed by atoms with Crippen LogP contribution in [0.15, 0.2) is 60.2 Å². The molecule has 1 saturated heterocycles. The number of aromatic nitrogens is 4. The monoisotopic (exact) mass is 377 g/mol. The van der Waals surface area contributed by atoms with E-state index in [0.717, 1.165) is 41.4 Å². The predicted molar refractivity (Wildman–Crippen MR) is 105 cm³/mol. The van der Waals surface area contributed by atoms with Crippen LogP contribution < -0.4 is 0 Å². The Labute approximate surface area is 161 Å². The van der Waals surface area contributed by atoms with Crippen LogP contribution in [0.2, 0.25) is 0 Å². The van der Waals surface area contributed by atoms with Gasteiger partial charge in [0.2, 0.25) is 0 Å². The zero-order chi connectivity index (χ0) is 18.1. The van der Waals surface area contributed by atoms with Crippen molar-refractivity contribution >= 4 is 16.9 Å². The van der Waals surface area contributed by atoms with Gasteiger partial charge in [-0.25, -0.2) is 9.50 Å². The fourth-order valence-electron chi connectivity index (χ4n) is 3.48. The highest BCUT2D eigenvalue weighted by Gasteiger charge is 2.26. The van der Waals surface area contributed by atoms with E-state index in [1.54, 1.807) is 11.3 Å². The molecule has 4 heterocycles. The molecule has 1 aromatic carbocycles. The summed E-state index contributed by atoms with van der Waals surface area (Å²) in [4.78, 5) is 6.76. The summed E-state index contributed by atoms with van der Waals surface area (Å²) in [6.07, 6.45) is 3.81. The van der Waals surface area contributed by atoms with Crippen molar-refractivity contribution in [2.75, 3.05) is 19.7 Å². The number of nitrogens with zero attached hydrogens (tertiary/aromatic N) is 5. The van der Waals surface area contributed by atoms with Crippen molar-refractivity contribution in [3.8, 4) is 11.1 Å². The van der Waals surface area contributed by atoms with Crippen LogP contribution in [-0.2, 0) is 11.3 Å². The third-order valence-electron chi connectivity index (χ3n) is 4.85. The van der Waals surface area contributed by atoms with E-state index >= 15 is 0 Å². The molecule has 0 spiro atoms. The molecular weight excluding hydrogens is 358 g/mol. The fourth-order valence-corrected chi connectivity index (χ4v) is 4.14. The maximum Gasteiger partial charge on any atom is 0.121 e. The maximum absolute atomic E-state index is 6.02. The first-order chi connectivity index (χ1) is 13.4. The second kappa shape index (κ2) is 7.19. The van der Waals surface area contributed by atoms with Crippen LogP contribution >= 0.6 is 11.3 Å². The lowest BCUT2D eigenvalue weighted by Gasteiger charge is -2.31. The molecule has 0 amide bonds. The van der Waals surface area contributed by atoms with E-state index in [4.69, 9.17) is 4.74 Å². The van der Waals surface area contributed by atoms with Crippen LogP contribution in [0.3, 0.4) is 0 Å². The van der Waals surface area contributed by atoms with Gasteiger partial charge in [0.25, 0.3) is 0 Å². The van der Waals surface area contributed by atoms with Crippen molar-refractivity contribution in [3.05, 3.63) is 70.9 Å². The summed E-state index contributed by atoms with van der Waals surface area (Å²) in [6.45, 7) is 3.26. The normalized spacial score (nSPS) is 18.1. The smallest absolute Gasteiger partial charge is 0.121 e. The fraction of sp³-hybridized carbons (Fsp3) is 0.250. The number of hydrogen-bond acceptors (Lipinski definition) is 6. The topological polar surface area (TPSA) is 55.5 Å². The van der Waals surface area contributed by atoms with Crippen molar-refractivity contribution in [1.82, 2.24) is 24.7 Å². The highest BCUT2D eigenvalue weighted by atomic mass is 32.1. The predicted octanol–water partition coefficient (Wildman–Crippen LogP) is 3.43. The Bertz CT molecular complexity index is 1030. The number of rotatable bonds is 4. The van der Waals surface area contributed by atoms with Crippen LogP contribution in [0.25, 0.3) is 16.6 Å². The standard InChI is InChI=1S/C20H19N5OS/c1-2-4-15(5-3-1)16-6-7-17-20(22-23-25(17)12-16)18-13-24(9-10-26-18)14-19-21-8-11-27-19/h1-8,11-12,18H,9-10,13-14H2/t18-/m1/s1. The van der Waals surface area contributed by atoms with Crippen molar-refractivity contribution in [2.45, 2.75) is 12.6 Å². The SMILES string of the molecule is c1ccc(-c2ccc3c([C@H]4CN(Cc5nccs5)CCO4)nnn3c2)cc1. The van der Waals surface area contributed by atoms with E-state index < -0.39 is 0 Å². The molecular formula is C20H19N5OS. The Morgan fingerprint density at radius 3 is 2.89 bits per heavy atom. The van der Waals surface area contributed by atoms with Crippen LogP contribution in [0.4, 0.5) is 0 Å². The molecule has 0 N–H and O–H groups in total. The number of thiazole rings is 1. The Morgan fingerprint density at radius 2 is 2.04 bits per heavy atom.